The number of nitrogens with zero attached hydrogens (tertiary/aromatic N) is 2. The van der Waals surface area contributed by atoms with Gasteiger partial charge in [-0.1, -0.05) is 30.3 Å². The van der Waals surface area contributed by atoms with Gasteiger partial charge in [0, 0.05) is 33.1 Å². The zero-order valence-corrected chi connectivity index (χ0v) is 14.7. The zero-order chi connectivity index (χ0) is 17.9. The molecule has 6 heteroatoms. The van der Waals surface area contributed by atoms with Crippen LogP contribution >= 0.6 is 0 Å². The van der Waals surface area contributed by atoms with E-state index in [1.165, 1.54) is 0 Å². The smallest absolute Gasteiger partial charge is 0.239 e. The SMILES string of the molecule is CC(=O)N1CCC(Cc2ccccc2)(C(=O)N2CCNC(=O)C2)CC1. The topological polar surface area (TPSA) is 69.7 Å². The van der Waals surface area contributed by atoms with Gasteiger partial charge in [0.05, 0.1) is 12.0 Å². The second kappa shape index (κ2) is 7.25. The summed E-state index contributed by atoms with van der Waals surface area (Å²) in [5.41, 5.74) is 0.582. The maximum atomic E-state index is 13.3. The Labute approximate surface area is 148 Å². The van der Waals surface area contributed by atoms with Crippen molar-refractivity contribution in [2.24, 2.45) is 5.41 Å². The van der Waals surface area contributed by atoms with Gasteiger partial charge < -0.3 is 15.1 Å². The Hall–Kier alpha value is -2.37. The van der Waals surface area contributed by atoms with E-state index in [4.69, 9.17) is 0 Å². The molecule has 0 saturated carbocycles. The summed E-state index contributed by atoms with van der Waals surface area (Å²) in [4.78, 5) is 40.2. The van der Waals surface area contributed by atoms with Crippen molar-refractivity contribution in [2.75, 3.05) is 32.7 Å². The molecule has 0 aliphatic carbocycles. The molecule has 0 radical (unpaired) electrons. The van der Waals surface area contributed by atoms with Crippen LogP contribution in [0.5, 0.6) is 0 Å². The fraction of sp³-hybridized carbons (Fsp3) is 0.526. The Morgan fingerprint density at radius 3 is 2.36 bits per heavy atom. The number of carbonyl (C=O) groups excluding carboxylic acids is 3. The molecule has 0 aromatic heterocycles. The minimum atomic E-state index is -0.537. The summed E-state index contributed by atoms with van der Waals surface area (Å²) in [6, 6.07) is 10.00. The average Bonchev–Trinajstić information content (AvgIpc) is 2.62. The van der Waals surface area contributed by atoms with Crippen molar-refractivity contribution in [2.45, 2.75) is 26.2 Å². The molecule has 2 saturated heterocycles. The molecule has 1 aromatic rings. The first-order chi connectivity index (χ1) is 12.0. The quantitative estimate of drug-likeness (QED) is 0.883. The van der Waals surface area contributed by atoms with E-state index < -0.39 is 5.41 Å². The van der Waals surface area contributed by atoms with Gasteiger partial charge in [0.25, 0.3) is 0 Å². The second-order valence-corrected chi connectivity index (χ2v) is 7.03. The van der Waals surface area contributed by atoms with Crippen LogP contribution < -0.4 is 5.32 Å². The molecule has 3 rings (SSSR count). The molecule has 1 N–H and O–H groups in total. The predicted octanol–water partition coefficient (Wildman–Crippen LogP) is 0.816. The maximum absolute atomic E-state index is 13.3. The van der Waals surface area contributed by atoms with E-state index in [2.05, 4.69) is 5.32 Å². The molecule has 1 aromatic carbocycles. The first kappa shape index (κ1) is 17.5. The van der Waals surface area contributed by atoms with E-state index >= 15 is 0 Å². The van der Waals surface area contributed by atoms with Crippen LogP contribution in [0.4, 0.5) is 0 Å². The van der Waals surface area contributed by atoms with Crippen LogP contribution in [0.15, 0.2) is 30.3 Å². The maximum Gasteiger partial charge on any atom is 0.239 e. The molecule has 0 bridgehead atoms. The third kappa shape index (κ3) is 3.83. The molecular weight excluding hydrogens is 318 g/mol. The highest BCUT2D eigenvalue weighted by molar-refractivity contribution is 5.89. The van der Waals surface area contributed by atoms with Gasteiger partial charge in [0.15, 0.2) is 0 Å². The molecular formula is C19H25N3O3. The van der Waals surface area contributed by atoms with E-state index in [0.29, 0.717) is 45.4 Å². The molecule has 2 heterocycles. The Kier molecular flexibility index (Phi) is 5.06. The molecule has 6 nitrogen and oxygen atoms in total. The number of carbonyl (C=O) groups is 3. The monoisotopic (exact) mass is 343 g/mol. The standard InChI is InChI=1S/C19H25N3O3/c1-15(23)21-10-7-19(8-11-21,13-16-5-3-2-4-6-16)18(25)22-12-9-20-17(24)14-22/h2-6H,7-14H2,1H3,(H,20,24). The van der Waals surface area contributed by atoms with Gasteiger partial charge in [-0.25, -0.2) is 0 Å². The predicted molar refractivity (Wildman–Crippen MR) is 93.7 cm³/mol. The molecule has 2 aliphatic rings. The van der Waals surface area contributed by atoms with Crippen LogP contribution in [0.25, 0.3) is 0 Å². The molecule has 25 heavy (non-hydrogen) atoms. The van der Waals surface area contributed by atoms with Crippen molar-refractivity contribution in [3.8, 4) is 0 Å². The number of nitrogens with one attached hydrogen (secondary N) is 1. The molecule has 134 valence electrons. The van der Waals surface area contributed by atoms with Crippen molar-refractivity contribution in [3.05, 3.63) is 35.9 Å². The molecule has 3 amide bonds. The number of hydrogen-bond donors (Lipinski definition) is 1. The molecule has 0 spiro atoms. The summed E-state index contributed by atoms with van der Waals surface area (Å²) in [7, 11) is 0. The third-order valence-corrected chi connectivity index (χ3v) is 5.33. The van der Waals surface area contributed by atoms with E-state index in [0.717, 1.165) is 5.56 Å². The number of rotatable bonds is 3. The van der Waals surface area contributed by atoms with Crippen LogP contribution in [0.1, 0.15) is 25.3 Å². The fourth-order valence-corrected chi connectivity index (χ4v) is 3.85. The lowest BCUT2D eigenvalue weighted by Crippen LogP contribution is -2.57. The average molecular weight is 343 g/mol. The van der Waals surface area contributed by atoms with Crippen molar-refractivity contribution < 1.29 is 14.4 Å². The van der Waals surface area contributed by atoms with Gasteiger partial charge in [-0.05, 0) is 24.8 Å². The largest absolute Gasteiger partial charge is 0.353 e. The Morgan fingerprint density at radius 2 is 1.76 bits per heavy atom. The van der Waals surface area contributed by atoms with Crippen molar-refractivity contribution in [3.63, 3.8) is 0 Å². The second-order valence-electron chi connectivity index (χ2n) is 7.03. The van der Waals surface area contributed by atoms with E-state index in [9.17, 15) is 14.4 Å². The summed E-state index contributed by atoms with van der Waals surface area (Å²) in [5, 5.41) is 2.77. The normalized spacial score (nSPS) is 20.1. The lowest BCUT2D eigenvalue weighted by Gasteiger charge is -2.43. The summed E-state index contributed by atoms with van der Waals surface area (Å²) in [6.07, 6.45) is 1.92. The van der Waals surface area contributed by atoms with Gasteiger partial charge in [-0.15, -0.1) is 0 Å². The van der Waals surface area contributed by atoms with Crippen LogP contribution in [-0.2, 0) is 20.8 Å². The minimum Gasteiger partial charge on any atom is -0.353 e. The van der Waals surface area contributed by atoms with Crippen LogP contribution in [-0.4, -0.2) is 60.2 Å². The number of piperidine rings is 1. The summed E-state index contributed by atoms with van der Waals surface area (Å²) < 4.78 is 0. The number of amides is 3. The molecule has 0 unspecified atom stereocenters. The fourth-order valence-electron chi connectivity index (χ4n) is 3.85. The van der Waals surface area contributed by atoms with Gasteiger partial charge in [0.2, 0.25) is 17.7 Å². The van der Waals surface area contributed by atoms with Crippen molar-refractivity contribution in [1.82, 2.24) is 15.1 Å². The minimum absolute atomic E-state index is 0.0504. The van der Waals surface area contributed by atoms with Gasteiger partial charge in [-0.2, -0.15) is 0 Å². The van der Waals surface area contributed by atoms with Gasteiger partial charge in [0.1, 0.15) is 0 Å². The van der Waals surface area contributed by atoms with Crippen LogP contribution in [0.3, 0.4) is 0 Å². The summed E-state index contributed by atoms with van der Waals surface area (Å²) >= 11 is 0. The molecule has 2 fully saturated rings. The highest BCUT2D eigenvalue weighted by Gasteiger charge is 2.44. The van der Waals surface area contributed by atoms with Crippen molar-refractivity contribution >= 4 is 17.7 Å². The highest BCUT2D eigenvalue weighted by atomic mass is 16.2. The number of likely N-dealkylation sites (tertiary alicyclic amines) is 1. The first-order valence-electron chi connectivity index (χ1n) is 8.86. The number of hydrogen-bond acceptors (Lipinski definition) is 3. The van der Waals surface area contributed by atoms with Gasteiger partial charge in [-0.3, -0.25) is 14.4 Å². The third-order valence-electron chi connectivity index (χ3n) is 5.33. The molecule has 2 aliphatic heterocycles. The highest BCUT2D eigenvalue weighted by Crippen LogP contribution is 2.37. The van der Waals surface area contributed by atoms with E-state index in [-0.39, 0.29) is 24.3 Å². The Balaban J connectivity index is 1.82. The number of benzene rings is 1. The summed E-state index contributed by atoms with van der Waals surface area (Å²) in [5.74, 6) is 0.00292. The lowest BCUT2D eigenvalue weighted by atomic mass is 9.72. The lowest BCUT2D eigenvalue weighted by molar-refractivity contribution is -0.151. The van der Waals surface area contributed by atoms with Gasteiger partial charge >= 0.3 is 0 Å². The Morgan fingerprint density at radius 1 is 1.08 bits per heavy atom. The molecule has 0 atom stereocenters. The van der Waals surface area contributed by atoms with E-state index in [1.807, 2.05) is 30.3 Å². The first-order valence-corrected chi connectivity index (χ1v) is 8.86. The Bertz CT molecular complexity index is 651. The summed E-state index contributed by atoms with van der Waals surface area (Å²) in [6.45, 7) is 3.94. The number of piperazine rings is 1. The van der Waals surface area contributed by atoms with Crippen molar-refractivity contribution in [1.29, 1.82) is 0 Å². The zero-order valence-electron chi connectivity index (χ0n) is 14.7. The van der Waals surface area contributed by atoms with Crippen LogP contribution in [0.2, 0.25) is 0 Å². The van der Waals surface area contributed by atoms with E-state index in [1.54, 1.807) is 16.7 Å². The van der Waals surface area contributed by atoms with Crippen LogP contribution in [0, 0.1) is 5.41 Å².